The number of hydrogen-bond donors (Lipinski definition) is 1. The van der Waals surface area contributed by atoms with E-state index in [0.717, 1.165) is 18.9 Å². The number of ketones is 1. The highest BCUT2D eigenvalue weighted by molar-refractivity contribution is 5.84. The molecule has 0 aliphatic heterocycles. The van der Waals surface area contributed by atoms with Crippen LogP contribution in [0.4, 0.5) is 0 Å². The van der Waals surface area contributed by atoms with E-state index >= 15 is 0 Å². The molecule has 1 atom stereocenters. The fraction of sp³-hybridized carbons (Fsp3) is 0.933. The van der Waals surface area contributed by atoms with Crippen LogP contribution in [0.2, 0.25) is 0 Å². The summed E-state index contributed by atoms with van der Waals surface area (Å²) in [6.07, 6.45) is 8.80. The molecule has 17 heavy (non-hydrogen) atoms. The van der Waals surface area contributed by atoms with Crippen molar-refractivity contribution in [1.29, 1.82) is 0 Å². The standard InChI is InChI=1S/C15H27NO/c1-11(2)15(16-10-13-7-4-8-13)14(17)9-12-5-3-6-12/h11-13,15-16H,3-10H2,1-2H3. The van der Waals surface area contributed by atoms with Gasteiger partial charge < -0.3 is 5.32 Å². The van der Waals surface area contributed by atoms with Crippen molar-refractivity contribution in [3.8, 4) is 0 Å². The maximum atomic E-state index is 12.2. The highest BCUT2D eigenvalue weighted by atomic mass is 16.1. The third-order valence-electron chi connectivity index (χ3n) is 4.58. The van der Waals surface area contributed by atoms with Crippen molar-refractivity contribution < 1.29 is 4.79 Å². The Labute approximate surface area is 106 Å². The van der Waals surface area contributed by atoms with Gasteiger partial charge in [0.05, 0.1) is 6.04 Å². The average Bonchev–Trinajstić information content (AvgIpc) is 2.14. The summed E-state index contributed by atoms with van der Waals surface area (Å²) in [5.74, 6) is 2.44. The van der Waals surface area contributed by atoms with Gasteiger partial charge in [0.25, 0.3) is 0 Å². The highest BCUT2D eigenvalue weighted by Crippen LogP contribution is 2.30. The molecule has 2 aliphatic rings. The first-order valence-electron chi connectivity index (χ1n) is 7.43. The number of nitrogens with one attached hydrogen (secondary N) is 1. The van der Waals surface area contributed by atoms with E-state index in [1.54, 1.807) is 0 Å². The van der Waals surface area contributed by atoms with Crippen LogP contribution < -0.4 is 5.32 Å². The molecule has 0 spiro atoms. The lowest BCUT2D eigenvalue weighted by molar-refractivity contribution is -0.123. The SMILES string of the molecule is CC(C)C(NCC1CCC1)C(=O)CC1CCC1. The average molecular weight is 237 g/mol. The largest absolute Gasteiger partial charge is 0.307 e. The predicted molar refractivity (Wildman–Crippen MR) is 70.9 cm³/mol. The van der Waals surface area contributed by atoms with Gasteiger partial charge >= 0.3 is 0 Å². The Hall–Kier alpha value is -0.370. The maximum Gasteiger partial charge on any atom is 0.150 e. The zero-order valence-electron chi connectivity index (χ0n) is 11.4. The summed E-state index contributed by atoms with van der Waals surface area (Å²) in [6, 6.07) is 0.108. The topological polar surface area (TPSA) is 29.1 Å². The Kier molecular flexibility index (Phi) is 4.61. The van der Waals surface area contributed by atoms with Gasteiger partial charge in [-0.1, -0.05) is 39.5 Å². The summed E-state index contributed by atoms with van der Waals surface area (Å²) in [6.45, 7) is 5.38. The summed E-state index contributed by atoms with van der Waals surface area (Å²) in [5.41, 5.74) is 0. The van der Waals surface area contributed by atoms with E-state index in [-0.39, 0.29) is 6.04 Å². The number of hydrogen-bond acceptors (Lipinski definition) is 2. The molecule has 0 radical (unpaired) electrons. The Bertz CT molecular complexity index is 254. The fourth-order valence-electron chi connectivity index (χ4n) is 2.82. The van der Waals surface area contributed by atoms with E-state index in [1.165, 1.54) is 38.5 Å². The van der Waals surface area contributed by atoms with Gasteiger partial charge in [-0.15, -0.1) is 0 Å². The van der Waals surface area contributed by atoms with Crippen LogP contribution >= 0.6 is 0 Å². The zero-order valence-corrected chi connectivity index (χ0v) is 11.4. The molecule has 98 valence electrons. The van der Waals surface area contributed by atoms with Crippen molar-refractivity contribution in [3.63, 3.8) is 0 Å². The number of carbonyl (C=O) groups excluding carboxylic acids is 1. The van der Waals surface area contributed by atoms with Crippen molar-refractivity contribution in [2.45, 2.75) is 64.8 Å². The highest BCUT2D eigenvalue weighted by Gasteiger charge is 2.28. The molecule has 0 aromatic heterocycles. The van der Waals surface area contributed by atoms with Crippen molar-refractivity contribution in [2.24, 2.45) is 17.8 Å². The lowest BCUT2D eigenvalue weighted by Gasteiger charge is -2.31. The van der Waals surface area contributed by atoms with E-state index in [0.29, 0.717) is 17.6 Å². The number of carbonyl (C=O) groups is 1. The quantitative estimate of drug-likeness (QED) is 0.737. The molecule has 0 saturated heterocycles. The number of Topliss-reactive ketones (excluding diaryl/α,β-unsaturated/α-hetero) is 1. The molecule has 0 amide bonds. The van der Waals surface area contributed by atoms with Gasteiger partial charge in [-0.3, -0.25) is 4.79 Å². The van der Waals surface area contributed by atoms with Gasteiger partial charge in [-0.25, -0.2) is 0 Å². The smallest absolute Gasteiger partial charge is 0.150 e. The van der Waals surface area contributed by atoms with Crippen LogP contribution in [-0.2, 0) is 4.79 Å². The minimum Gasteiger partial charge on any atom is -0.307 e. The first-order chi connectivity index (χ1) is 8.16. The van der Waals surface area contributed by atoms with E-state index in [9.17, 15) is 4.79 Å². The molecule has 2 aliphatic carbocycles. The molecule has 0 aromatic carbocycles. The van der Waals surface area contributed by atoms with Gasteiger partial charge in [0.2, 0.25) is 0 Å². The van der Waals surface area contributed by atoms with Gasteiger partial charge in [0.15, 0.2) is 0 Å². The predicted octanol–water partition coefficient (Wildman–Crippen LogP) is 3.16. The molecule has 2 saturated carbocycles. The van der Waals surface area contributed by atoms with Gasteiger partial charge in [-0.2, -0.15) is 0 Å². The van der Waals surface area contributed by atoms with E-state index < -0.39 is 0 Å². The molecule has 0 bridgehead atoms. The van der Waals surface area contributed by atoms with Crippen LogP contribution in [0.3, 0.4) is 0 Å². The first kappa shape index (κ1) is 13.1. The molecule has 2 rings (SSSR count). The summed E-state index contributed by atoms with van der Waals surface area (Å²) >= 11 is 0. The molecule has 1 unspecified atom stereocenters. The normalized spacial score (nSPS) is 23.2. The fourth-order valence-corrected chi connectivity index (χ4v) is 2.82. The Morgan fingerprint density at radius 2 is 1.71 bits per heavy atom. The second-order valence-corrected chi connectivity index (χ2v) is 6.39. The molecular formula is C15H27NO. The van der Waals surface area contributed by atoms with Crippen molar-refractivity contribution in [3.05, 3.63) is 0 Å². The lowest BCUT2D eigenvalue weighted by atomic mass is 9.79. The minimum absolute atomic E-state index is 0.108. The lowest BCUT2D eigenvalue weighted by Crippen LogP contribution is -2.45. The molecule has 0 aromatic rings. The minimum atomic E-state index is 0.108. The van der Waals surface area contributed by atoms with Crippen molar-refractivity contribution in [2.75, 3.05) is 6.54 Å². The van der Waals surface area contributed by atoms with Crippen LogP contribution in [-0.4, -0.2) is 18.4 Å². The molecule has 0 heterocycles. The Morgan fingerprint density at radius 1 is 1.12 bits per heavy atom. The number of rotatable bonds is 7. The third kappa shape index (κ3) is 3.54. The zero-order chi connectivity index (χ0) is 12.3. The van der Waals surface area contributed by atoms with Crippen LogP contribution in [0.25, 0.3) is 0 Å². The first-order valence-corrected chi connectivity index (χ1v) is 7.43. The second kappa shape index (κ2) is 5.99. The summed E-state index contributed by atoms with van der Waals surface area (Å²) in [5, 5.41) is 3.52. The molecule has 2 nitrogen and oxygen atoms in total. The summed E-state index contributed by atoms with van der Waals surface area (Å²) in [4.78, 5) is 12.2. The van der Waals surface area contributed by atoms with Gasteiger partial charge in [-0.05, 0) is 37.1 Å². The Balaban J connectivity index is 1.75. The van der Waals surface area contributed by atoms with Crippen LogP contribution in [0, 0.1) is 17.8 Å². The third-order valence-corrected chi connectivity index (χ3v) is 4.58. The van der Waals surface area contributed by atoms with E-state index in [4.69, 9.17) is 0 Å². The van der Waals surface area contributed by atoms with Gasteiger partial charge in [0, 0.05) is 6.42 Å². The van der Waals surface area contributed by atoms with Crippen molar-refractivity contribution in [1.82, 2.24) is 5.32 Å². The molecule has 2 heteroatoms. The monoisotopic (exact) mass is 237 g/mol. The van der Waals surface area contributed by atoms with Crippen LogP contribution in [0.5, 0.6) is 0 Å². The Morgan fingerprint density at radius 3 is 2.12 bits per heavy atom. The molecule has 1 N–H and O–H groups in total. The van der Waals surface area contributed by atoms with Crippen molar-refractivity contribution >= 4 is 5.78 Å². The van der Waals surface area contributed by atoms with E-state index in [1.807, 2.05) is 0 Å². The molecule has 2 fully saturated rings. The van der Waals surface area contributed by atoms with E-state index in [2.05, 4.69) is 19.2 Å². The van der Waals surface area contributed by atoms with Crippen LogP contribution in [0.1, 0.15) is 58.8 Å². The second-order valence-electron chi connectivity index (χ2n) is 6.39. The summed E-state index contributed by atoms with van der Waals surface area (Å²) < 4.78 is 0. The van der Waals surface area contributed by atoms with Crippen LogP contribution in [0.15, 0.2) is 0 Å². The molecular weight excluding hydrogens is 210 g/mol. The van der Waals surface area contributed by atoms with Gasteiger partial charge in [0.1, 0.15) is 5.78 Å². The maximum absolute atomic E-state index is 12.2. The summed E-state index contributed by atoms with van der Waals surface area (Å²) in [7, 11) is 0.